The van der Waals surface area contributed by atoms with E-state index in [0.29, 0.717) is 6.61 Å². The van der Waals surface area contributed by atoms with Gasteiger partial charge in [0.1, 0.15) is 5.69 Å². The highest BCUT2D eigenvalue weighted by atomic mass is 19.4. The van der Waals surface area contributed by atoms with Gasteiger partial charge in [0.25, 0.3) is 0 Å². The number of halogens is 3. The van der Waals surface area contributed by atoms with Crippen molar-refractivity contribution in [3.05, 3.63) is 18.3 Å². The Morgan fingerprint density at radius 1 is 1.57 bits per heavy atom. The number of amides is 1. The first-order valence-corrected chi connectivity index (χ1v) is 6.57. The lowest BCUT2D eigenvalue weighted by Gasteiger charge is -2.29. The molecule has 2 N–H and O–H groups in total. The van der Waals surface area contributed by atoms with Crippen molar-refractivity contribution < 1.29 is 22.7 Å². The minimum atomic E-state index is -4.62. The van der Waals surface area contributed by atoms with Crippen LogP contribution in [0.1, 0.15) is 13.3 Å². The molecular formula is C13H16F3N3O2. The largest absolute Gasteiger partial charge is 0.476 e. The lowest BCUT2D eigenvalue weighted by molar-refractivity contribution is -0.213. The maximum absolute atomic E-state index is 13.3. The second-order valence-corrected chi connectivity index (χ2v) is 4.75. The third-order valence-electron chi connectivity index (χ3n) is 3.43. The maximum atomic E-state index is 13.3. The first kappa shape index (κ1) is 15.6. The van der Waals surface area contributed by atoms with Crippen LogP contribution in [0.5, 0.6) is 5.88 Å². The average Bonchev–Trinajstić information content (AvgIpc) is 2.91. The first-order valence-electron chi connectivity index (χ1n) is 6.57. The van der Waals surface area contributed by atoms with Gasteiger partial charge in [0.15, 0.2) is 5.41 Å². The van der Waals surface area contributed by atoms with E-state index in [2.05, 4.69) is 15.6 Å². The molecular weight excluding hydrogens is 287 g/mol. The molecule has 2 rings (SSSR count). The van der Waals surface area contributed by atoms with Crippen molar-refractivity contribution in [2.24, 2.45) is 5.41 Å². The molecule has 1 atom stereocenters. The van der Waals surface area contributed by atoms with Crippen molar-refractivity contribution in [3.8, 4) is 5.88 Å². The van der Waals surface area contributed by atoms with Gasteiger partial charge in [-0.2, -0.15) is 13.2 Å². The number of carbonyl (C=O) groups is 1. The first-order chi connectivity index (χ1) is 9.90. The van der Waals surface area contributed by atoms with E-state index in [9.17, 15) is 18.0 Å². The SMILES string of the molecule is CCOc1ncccc1NC(=O)C1(C(F)(F)F)CCNC1. The summed E-state index contributed by atoms with van der Waals surface area (Å²) in [7, 11) is 0. The van der Waals surface area contributed by atoms with Gasteiger partial charge in [0.05, 0.1) is 6.61 Å². The van der Waals surface area contributed by atoms with Gasteiger partial charge in [0.2, 0.25) is 11.8 Å². The molecule has 21 heavy (non-hydrogen) atoms. The van der Waals surface area contributed by atoms with E-state index < -0.39 is 24.0 Å². The van der Waals surface area contributed by atoms with Crippen molar-refractivity contribution in [2.75, 3.05) is 25.0 Å². The molecule has 8 heteroatoms. The van der Waals surface area contributed by atoms with E-state index in [1.165, 1.54) is 18.3 Å². The highest BCUT2D eigenvalue weighted by molar-refractivity contribution is 5.97. The summed E-state index contributed by atoms with van der Waals surface area (Å²) in [5.74, 6) is -0.981. The molecule has 0 aromatic carbocycles. The molecule has 0 bridgehead atoms. The van der Waals surface area contributed by atoms with Gasteiger partial charge < -0.3 is 15.4 Å². The number of aromatic nitrogens is 1. The zero-order chi connectivity index (χ0) is 15.5. The molecule has 0 spiro atoms. The van der Waals surface area contributed by atoms with E-state index in [-0.39, 0.29) is 24.5 Å². The lowest BCUT2D eigenvalue weighted by Crippen LogP contribution is -2.49. The topological polar surface area (TPSA) is 63.2 Å². The lowest BCUT2D eigenvalue weighted by atomic mass is 9.85. The van der Waals surface area contributed by atoms with Crippen LogP contribution in [-0.2, 0) is 4.79 Å². The van der Waals surface area contributed by atoms with Gasteiger partial charge in [-0.3, -0.25) is 4.79 Å². The second kappa shape index (κ2) is 5.88. The molecule has 5 nitrogen and oxygen atoms in total. The second-order valence-electron chi connectivity index (χ2n) is 4.75. The molecule has 0 saturated carbocycles. The summed E-state index contributed by atoms with van der Waals surface area (Å²) in [5, 5.41) is 4.90. The fraction of sp³-hybridized carbons (Fsp3) is 0.538. The minimum absolute atomic E-state index is 0.108. The normalized spacial score (nSPS) is 22.1. The Morgan fingerprint density at radius 2 is 2.33 bits per heavy atom. The number of anilines is 1. The molecule has 1 fully saturated rings. The van der Waals surface area contributed by atoms with Crippen molar-refractivity contribution >= 4 is 11.6 Å². The number of hydrogen-bond acceptors (Lipinski definition) is 4. The summed E-state index contributed by atoms with van der Waals surface area (Å²) < 4.78 is 45.0. The zero-order valence-corrected chi connectivity index (χ0v) is 11.5. The van der Waals surface area contributed by atoms with Gasteiger partial charge >= 0.3 is 6.18 Å². The van der Waals surface area contributed by atoms with Crippen LogP contribution in [0.15, 0.2) is 18.3 Å². The fourth-order valence-electron chi connectivity index (χ4n) is 2.24. The highest BCUT2D eigenvalue weighted by Gasteiger charge is 2.61. The van der Waals surface area contributed by atoms with Crippen LogP contribution in [0.25, 0.3) is 0 Å². The number of nitrogens with one attached hydrogen (secondary N) is 2. The number of nitrogens with zero attached hydrogens (tertiary/aromatic N) is 1. The monoisotopic (exact) mass is 303 g/mol. The molecule has 1 aromatic rings. The molecule has 1 aliphatic rings. The predicted octanol–water partition coefficient (Wildman–Crippen LogP) is 1.96. The summed E-state index contributed by atoms with van der Waals surface area (Å²) >= 11 is 0. The molecule has 116 valence electrons. The third kappa shape index (κ3) is 2.94. The fourth-order valence-corrected chi connectivity index (χ4v) is 2.24. The van der Waals surface area contributed by atoms with E-state index in [0.717, 1.165) is 0 Å². The Bertz CT molecular complexity index is 514. The van der Waals surface area contributed by atoms with Crippen LogP contribution >= 0.6 is 0 Å². The van der Waals surface area contributed by atoms with Crippen LogP contribution < -0.4 is 15.4 Å². The van der Waals surface area contributed by atoms with Crippen LogP contribution in [0.4, 0.5) is 18.9 Å². The molecule has 0 radical (unpaired) electrons. The molecule has 0 aliphatic carbocycles. The van der Waals surface area contributed by atoms with E-state index in [1.807, 2.05) is 0 Å². The number of ether oxygens (including phenoxy) is 1. The summed E-state index contributed by atoms with van der Waals surface area (Å²) in [4.78, 5) is 16.1. The Balaban J connectivity index is 2.24. The van der Waals surface area contributed by atoms with Gasteiger partial charge in [0, 0.05) is 12.7 Å². The standard InChI is InChI=1S/C13H16F3N3O2/c1-2-21-10-9(4-3-6-18-10)19-11(20)12(13(14,15)16)5-7-17-8-12/h3-4,6,17H,2,5,7-8H2,1H3,(H,19,20). The molecule has 2 heterocycles. The number of rotatable bonds is 4. The van der Waals surface area contributed by atoms with Crippen molar-refractivity contribution in [1.29, 1.82) is 0 Å². The van der Waals surface area contributed by atoms with Gasteiger partial charge in [-0.1, -0.05) is 0 Å². The molecule has 1 amide bonds. The summed E-state index contributed by atoms with van der Waals surface area (Å²) in [6.45, 7) is 1.75. The molecule has 1 aromatic heterocycles. The number of alkyl halides is 3. The Kier molecular flexibility index (Phi) is 4.36. The van der Waals surface area contributed by atoms with E-state index in [1.54, 1.807) is 6.92 Å². The number of carbonyl (C=O) groups excluding carboxylic acids is 1. The van der Waals surface area contributed by atoms with Crippen LogP contribution in [0.3, 0.4) is 0 Å². The van der Waals surface area contributed by atoms with Crippen molar-refractivity contribution in [2.45, 2.75) is 19.5 Å². The van der Waals surface area contributed by atoms with Gasteiger partial charge in [-0.25, -0.2) is 4.98 Å². The quantitative estimate of drug-likeness (QED) is 0.892. The Labute approximate surface area is 119 Å². The van der Waals surface area contributed by atoms with Crippen LogP contribution in [0, 0.1) is 5.41 Å². The Hall–Kier alpha value is -1.83. The van der Waals surface area contributed by atoms with Gasteiger partial charge in [-0.05, 0) is 32.0 Å². The average molecular weight is 303 g/mol. The predicted molar refractivity (Wildman–Crippen MR) is 70.0 cm³/mol. The van der Waals surface area contributed by atoms with E-state index >= 15 is 0 Å². The molecule has 1 saturated heterocycles. The molecule has 1 unspecified atom stereocenters. The smallest absolute Gasteiger partial charge is 0.404 e. The minimum Gasteiger partial charge on any atom is -0.476 e. The summed E-state index contributed by atoms with van der Waals surface area (Å²) in [5.41, 5.74) is -2.27. The van der Waals surface area contributed by atoms with E-state index in [4.69, 9.17) is 4.74 Å². The highest BCUT2D eigenvalue weighted by Crippen LogP contribution is 2.44. The number of pyridine rings is 1. The van der Waals surface area contributed by atoms with Crippen molar-refractivity contribution in [3.63, 3.8) is 0 Å². The molecule has 1 aliphatic heterocycles. The maximum Gasteiger partial charge on any atom is 0.404 e. The summed E-state index contributed by atoms with van der Waals surface area (Å²) in [6, 6.07) is 2.98. The summed E-state index contributed by atoms with van der Waals surface area (Å²) in [6.07, 6.45) is -3.46. The zero-order valence-electron chi connectivity index (χ0n) is 11.5. The van der Waals surface area contributed by atoms with Crippen LogP contribution in [0.2, 0.25) is 0 Å². The van der Waals surface area contributed by atoms with Gasteiger partial charge in [-0.15, -0.1) is 0 Å². The van der Waals surface area contributed by atoms with Crippen molar-refractivity contribution in [1.82, 2.24) is 10.3 Å². The van der Waals surface area contributed by atoms with Crippen LogP contribution in [-0.4, -0.2) is 36.8 Å². The number of hydrogen-bond donors (Lipinski definition) is 2. The third-order valence-corrected chi connectivity index (χ3v) is 3.43. The Morgan fingerprint density at radius 3 is 2.90 bits per heavy atom.